The highest BCUT2D eigenvalue weighted by atomic mass is 35.5. The van der Waals surface area contributed by atoms with Crippen LogP contribution in [0.4, 0.5) is 4.79 Å². The Morgan fingerprint density at radius 2 is 1.43 bits per heavy atom. The average Bonchev–Trinajstić information content (AvgIpc) is 2.55. The molecule has 122 valence electrons. The molecule has 0 spiro atoms. The number of nitrogens with zero attached hydrogens (tertiary/aromatic N) is 2. The average molecular weight is 339 g/mol. The number of methoxy groups -OCH3 is 2. The fourth-order valence-electron chi connectivity index (χ4n) is 2.11. The van der Waals surface area contributed by atoms with Crippen LogP contribution in [0.1, 0.15) is 5.56 Å². The lowest BCUT2D eigenvalue weighted by Crippen LogP contribution is -2.52. The number of urea groups is 1. The number of ether oxygens (including phenoxy) is 2. The molecule has 0 N–H and O–H groups in total. The summed E-state index contributed by atoms with van der Waals surface area (Å²) in [5.74, 6) is -0.560. The molecule has 4 amide bonds. The summed E-state index contributed by atoms with van der Waals surface area (Å²) < 4.78 is 10.3. The highest BCUT2D eigenvalue weighted by molar-refractivity contribution is 6.34. The van der Waals surface area contributed by atoms with E-state index in [-0.39, 0.29) is 10.6 Å². The van der Waals surface area contributed by atoms with Crippen molar-refractivity contribution in [3.63, 3.8) is 0 Å². The van der Waals surface area contributed by atoms with Gasteiger partial charge in [0.05, 0.1) is 19.2 Å². The fourth-order valence-corrected chi connectivity index (χ4v) is 2.32. The van der Waals surface area contributed by atoms with E-state index in [1.165, 1.54) is 40.5 Å². The molecule has 1 aliphatic rings. The molecule has 0 radical (unpaired) electrons. The zero-order chi connectivity index (χ0) is 17.3. The number of carbonyl (C=O) groups excluding carboxylic acids is 3. The van der Waals surface area contributed by atoms with Gasteiger partial charge in [0.1, 0.15) is 5.57 Å². The van der Waals surface area contributed by atoms with Crippen molar-refractivity contribution in [2.45, 2.75) is 0 Å². The predicted molar refractivity (Wildman–Crippen MR) is 83.5 cm³/mol. The first-order valence-electron chi connectivity index (χ1n) is 6.55. The van der Waals surface area contributed by atoms with E-state index in [1.54, 1.807) is 6.07 Å². The van der Waals surface area contributed by atoms with E-state index >= 15 is 0 Å². The van der Waals surface area contributed by atoms with Crippen molar-refractivity contribution in [2.24, 2.45) is 0 Å². The van der Waals surface area contributed by atoms with Gasteiger partial charge in [-0.3, -0.25) is 19.4 Å². The molecule has 7 nitrogen and oxygen atoms in total. The minimum Gasteiger partial charge on any atom is -0.493 e. The summed E-state index contributed by atoms with van der Waals surface area (Å²) >= 11 is 6.16. The van der Waals surface area contributed by atoms with Crippen LogP contribution in [0, 0.1) is 0 Å². The Bertz CT molecular complexity index is 703. The second-order valence-corrected chi connectivity index (χ2v) is 5.20. The lowest BCUT2D eigenvalue weighted by molar-refractivity contribution is -0.134. The van der Waals surface area contributed by atoms with E-state index in [0.717, 1.165) is 9.80 Å². The minimum atomic E-state index is -0.691. The Labute approximate surface area is 138 Å². The summed E-state index contributed by atoms with van der Waals surface area (Å²) in [5.41, 5.74) is 0.237. The maximum atomic E-state index is 12.2. The van der Waals surface area contributed by atoms with E-state index < -0.39 is 17.8 Å². The standard InChI is InChI=1S/C15H15ClN2O5/c1-17-13(19)9(14(20)18(2)15(17)21)5-8-6-11(22-3)12(23-4)7-10(8)16/h5-7H,1-4H3. The molecule has 0 aromatic heterocycles. The fraction of sp³-hybridized carbons (Fsp3) is 0.267. The molecule has 1 saturated heterocycles. The van der Waals surface area contributed by atoms with Crippen molar-refractivity contribution in [1.82, 2.24) is 9.80 Å². The summed E-state index contributed by atoms with van der Waals surface area (Å²) in [6.07, 6.45) is 1.33. The number of imide groups is 2. The first kappa shape index (κ1) is 16.8. The zero-order valence-electron chi connectivity index (χ0n) is 13.0. The van der Waals surface area contributed by atoms with Gasteiger partial charge in [-0.05, 0) is 17.7 Å². The Kier molecular flexibility index (Phi) is 4.60. The summed E-state index contributed by atoms with van der Waals surface area (Å²) in [6, 6.07) is 2.38. The summed E-state index contributed by atoms with van der Waals surface area (Å²) in [6.45, 7) is 0. The van der Waals surface area contributed by atoms with Crippen LogP contribution in [-0.4, -0.2) is 56.0 Å². The third-order valence-electron chi connectivity index (χ3n) is 3.45. The van der Waals surface area contributed by atoms with Crippen molar-refractivity contribution >= 4 is 35.5 Å². The number of carbonyl (C=O) groups is 3. The molecule has 0 unspecified atom stereocenters. The van der Waals surface area contributed by atoms with Gasteiger partial charge in [-0.25, -0.2) is 4.79 Å². The van der Waals surface area contributed by atoms with Crippen LogP contribution >= 0.6 is 11.6 Å². The Balaban J connectivity index is 2.54. The zero-order valence-corrected chi connectivity index (χ0v) is 13.8. The summed E-state index contributed by atoms with van der Waals surface area (Å²) in [5, 5.41) is 0.276. The van der Waals surface area contributed by atoms with Gasteiger partial charge in [-0.15, -0.1) is 0 Å². The third kappa shape index (κ3) is 2.87. The largest absolute Gasteiger partial charge is 0.493 e. The number of rotatable bonds is 3. The van der Waals surface area contributed by atoms with Gasteiger partial charge < -0.3 is 9.47 Å². The maximum absolute atomic E-state index is 12.2. The van der Waals surface area contributed by atoms with E-state index in [9.17, 15) is 14.4 Å². The van der Waals surface area contributed by atoms with Crippen LogP contribution in [-0.2, 0) is 9.59 Å². The Morgan fingerprint density at radius 1 is 0.957 bits per heavy atom. The molecular formula is C15H15ClN2O5. The molecule has 2 rings (SSSR count). The second-order valence-electron chi connectivity index (χ2n) is 4.80. The van der Waals surface area contributed by atoms with Crippen molar-refractivity contribution in [1.29, 1.82) is 0 Å². The van der Waals surface area contributed by atoms with Crippen molar-refractivity contribution < 1.29 is 23.9 Å². The van der Waals surface area contributed by atoms with Crippen molar-refractivity contribution in [3.05, 3.63) is 28.3 Å². The lowest BCUT2D eigenvalue weighted by atomic mass is 10.1. The highest BCUT2D eigenvalue weighted by Crippen LogP contribution is 2.34. The molecule has 1 heterocycles. The summed E-state index contributed by atoms with van der Waals surface area (Å²) in [4.78, 5) is 37.8. The van der Waals surface area contributed by atoms with Gasteiger partial charge in [0.15, 0.2) is 11.5 Å². The number of barbiturate groups is 1. The normalized spacial score (nSPS) is 15.2. The Morgan fingerprint density at radius 3 is 1.91 bits per heavy atom. The molecule has 23 heavy (non-hydrogen) atoms. The van der Waals surface area contributed by atoms with Crippen LogP contribution in [0.25, 0.3) is 6.08 Å². The molecule has 0 atom stereocenters. The van der Waals surface area contributed by atoms with Crippen LogP contribution in [0.3, 0.4) is 0 Å². The number of likely N-dealkylation sites (N-methyl/N-ethyl adjacent to an activating group) is 2. The predicted octanol–water partition coefficient (Wildman–Crippen LogP) is 1.79. The number of amides is 4. The first-order chi connectivity index (χ1) is 10.8. The van der Waals surface area contributed by atoms with Crippen LogP contribution < -0.4 is 9.47 Å². The smallest absolute Gasteiger partial charge is 0.333 e. The quantitative estimate of drug-likeness (QED) is 0.620. The van der Waals surface area contributed by atoms with E-state index in [4.69, 9.17) is 21.1 Å². The van der Waals surface area contributed by atoms with Crippen molar-refractivity contribution in [3.8, 4) is 11.5 Å². The molecule has 8 heteroatoms. The number of hydrogen-bond donors (Lipinski definition) is 0. The number of hydrogen-bond acceptors (Lipinski definition) is 5. The van der Waals surface area contributed by atoms with Gasteiger partial charge in [-0.1, -0.05) is 11.6 Å². The number of halogens is 1. The van der Waals surface area contributed by atoms with Crippen molar-refractivity contribution in [2.75, 3.05) is 28.3 Å². The molecular weight excluding hydrogens is 324 g/mol. The van der Waals surface area contributed by atoms with Gasteiger partial charge >= 0.3 is 6.03 Å². The van der Waals surface area contributed by atoms with E-state index in [2.05, 4.69) is 0 Å². The maximum Gasteiger partial charge on any atom is 0.333 e. The molecule has 0 bridgehead atoms. The molecule has 0 aliphatic carbocycles. The lowest BCUT2D eigenvalue weighted by Gasteiger charge is -2.28. The van der Waals surface area contributed by atoms with Crippen LogP contribution in [0.15, 0.2) is 17.7 Å². The van der Waals surface area contributed by atoms with Gasteiger partial charge in [0.25, 0.3) is 11.8 Å². The second kappa shape index (κ2) is 6.29. The summed E-state index contributed by atoms with van der Waals surface area (Å²) in [7, 11) is 5.53. The van der Waals surface area contributed by atoms with Gasteiger partial charge in [0.2, 0.25) is 0 Å². The minimum absolute atomic E-state index is 0.163. The monoisotopic (exact) mass is 338 g/mol. The van der Waals surface area contributed by atoms with Crippen LogP contribution in [0.2, 0.25) is 5.02 Å². The van der Waals surface area contributed by atoms with Gasteiger partial charge in [-0.2, -0.15) is 0 Å². The molecule has 1 fully saturated rings. The van der Waals surface area contributed by atoms with E-state index in [0.29, 0.717) is 17.1 Å². The van der Waals surface area contributed by atoms with E-state index in [1.807, 2.05) is 0 Å². The highest BCUT2D eigenvalue weighted by Gasteiger charge is 2.37. The van der Waals surface area contributed by atoms with Crippen LogP contribution in [0.5, 0.6) is 11.5 Å². The number of benzene rings is 1. The third-order valence-corrected chi connectivity index (χ3v) is 3.77. The molecule has 1 aromatic carbocycles. The Hall–Kier alpha value is -2.54. The molecule has 1 aliphatic heterocycles. The SMILES string of the molecule is COc1cc(Cl)c(C=C2C(=O)N(C)C(=O)N(C)C2=O)cc1OC. The molecule has 0 saturated carbocycles. The van der Waals surface area contributed by atoms with Gasteiger partial charge in [0, 0.05) is 20.2 Å². The topological polar surface area (TPSA) is 76.2 Å². The first-order valence-corrected chi connectivity index (χ1v) is 6.92. The molecule has 1 aromatic rings.